The molecule has 0 atom stereocenters. The first-order valence-electron chi connectivity index (χ1n) is 11.3. The van der Waals surface area contributed by atoms with Crippen molar-refractivity contribution in [3.8, 4) is 22.6 Å². The smallest absolute Gasteiger partial charge is 0.415 e. The second-order valence-electron chi connectivity index (χ2n) is 9.40. The third kappa shape index (κ3) is 5.87. The third-order valence-electron chi connectivity index (χ3n) is 5.45. The van der Waals surface area contributed by atoms with E-state index in [-0.39, 0.29) is 6.54 Å². The molecule has 3 rings (SSSR count). The summed E-state index contributed by atoms with van der Waals surface area (Å²) >= 11 is 0. The molecular weight excluding hydrogens is 428 g/mol. The second-order valence-corrected chi connectivity index (χ2v) is 9.40. The number of aromatic nitrogens is 1. The lowest BCUT2D eigenvalue weighted by atomic mass is 10.0. The van der Waals surface area contributed by atoms with Crippen molar-refractivity contribution in [2.45, 2.75) is 53.7 Å². The number of hydrogen-bond acceptors (Lipinski definition) is 5. The quantitative estimate of drug-likeness (QED) is 0.411. The van der Waals surface area contributed by atoms with Gasteiger partial charge >= 0.3 is 6.09 Å². The Labute approximate surface area is 202 Å². The summed E-state index contributed by atoms with van der Waals surface area (Å²) in [7, 11) is 3.29. The summed E-state index contributed by atoms with van der Waals surface area (Å²) in [5.74, 6) is 1.55. The largest absolute Gasteiger partial charge is 0.497 e. The molecular formula is C28H34N2O4. The number of aryl methyl sites for hydroxylation is 2. The lowest BCUT2D eigenvalue weighted by Crippen LogP contribution is -2.37. The Balaban J connectivity index is 2.10. The molecule has 6 heteroatoms. The van der Waals surface area contributed by atoms with Gasteiger partial charge in [0.05, 0.1) is 26.5 Å². The molecule has 1 amide bonds. The fourth-order valence-corrected chi connectivity index (χ4v) is 3.85. The van der Waals surface area contributed by atoms with Crippen LogP contribution in [0.2, 0.25) is 0 Å². The molecule has 0 bridgehead atoms. The number of benzene rings is 2. The second kappa shape index (κ2) is 10.2. The number of amides is 1. The average molecular weight is 463 g/mol. The first kappa shape index (κ1) is 25.1. The standard InChI is InChI=1S/C28H34N2O4/c1-18-12-22(21-10-9-11-24(15-21)32-7)14-23(13-18)30(27(31)34-28(4,5)6)17-25-20(3)26(33-8)19(2)16-29-25/h9-16H,17H2,1-8H3. The minimum Gasteiger partial charge on any atom is -0.497 e. The molecule has 2 aromatic carbocycles. The van der Waals surface area contributed by atoms with Gasteiger partial charge in [-0.05, 0) is 82.5 Å². The van der Waals surface area contributed by atoms with Gasteiger partial charge in [-0.3, -0.25) is 9.88 Å². The molecule has 180 valence electrons. The molecule has 1 heterocycles. The predicted molar refractivity (Wildman–Crippen MR) is 136 cm³/mol. The topological polar surface area (TPSA) is 60.9 Å². The van der Waals surface area contributed by atoms with E-state index in [1.165, 1.54) is 0 Å². The highest BCUT2D eigenvalue weighted by molar-refractivity contribution is 5.89. The first-order chi connectivity index (χ1) is 16.0. The number of ether oxygens (including phenoxy) is 3. The van der Waals surface area contributed by atoms with Crippen molar-refractivity contribution in [3.05, 3.63) is 71.0 Å². The van der Waals surface area contributed by atoms with Gasteiger partial charge in [0.25, 0.3) is 0 Å². The Morgan fingerprint density at radius 3 is 2.35 bits per heavy atom. The van der Waals surface area contributed by atoms with Crippen molar-refractivity contribution in [2.24, 2.45) is 0 Å². The van der Waals surface area contributed by atoms with Crippen molar-refractivity contribution in [2.75, 3.05) is 19.1 Å². The zero-order chi connectivity index (χ0) is 25.0. The van der Waals surface area contributed by atoms with E-state index in [0.717, 1.165) is 50.7 Å². The maximum Gasteiger partial charge on any atom is 0.415 e. The fraction of sp³-hybridized carbons (Fsp3) is 0.357. The maximum atomic E-state index is 13.4. The van der Waals surface area contributed by atoms with Crippen LogP contribution in [-0.4, -0.2) is 30.9 Å². The van der Waals surface area contributed by atoms with Crippen LogP contribution in [-0.2, 0) is 11.3 Å². The number of hydrogen-bond donors (Lipinski definition) is 0. The van der Waals surface area contributed by atoms with E-state index in [9.17, 15) is 4.79 Å². The van der Waals surface area contributed by atoms with E-state index in [4.69, 9.17) is 14.2 Å². The molecule has 0 N–H and O–H groups in total. The zero-order valence-corrected chi connectivity index (χ0v) is 21.4. The van der Waals surface area contributed by atoms with Crippen LogP contribution in [0, 0.1) is 20.8 Å². The van der Waals surface area contributed by atoms with E-state index < -0.39 is 11.7 Å². The first-order valence-corrected chi connectivity index (χ1v) is 11.3. The zero-order valence-electron chi connectivity index (χ0n) is 21.4. The Bertz CT molecular complexity index is 1180. The summed E-state index contributed by atoms with van der Waals surface area (Å²) in [6, 6.07) is 13.9. The molecule has 0 saturated heterocycles. The summed E-state index contributed by atoms with van der Waals surface area (Å²) in [5.41, 5.74) is 5.69. The predicted octanol–water partition coefficient (Wildman–Crippen LogP) is 6.63. The van der Waals surface area contributed by atoms with E-state index in [1.54, 1.807) is 25.3 Å². The normalized spacial score (nSPS) is 11.2. The van der Waals surface area contributed by atoms with Crippen LogP contribution < -0.4 is 14.4 Å². The van der Waals surface area contributed by atoms with E-state index in [0.29, 0.717) is 0 Å². The minimum atomic E-state index is -0.637. The summed E-state index contributed by atoms with van der Waals surface area (Å²) in [4.78, 5) is 19.6. The van der Waals surface area contributed by atoms with E-state index >= 15 is 0 Å². The van der Waals surface area contributed by atoms with E-state index in [2.05, 4.69) is 11.1 Å². The number of rotatable bonds is 6. The van der Waals surface area contributed by atoms with Crippen molar-refractivity contribution >= 4 is 11.8 Å². The van der Waals surface area contributed by atoms with Crippen LogP contribution in [0.3, 0.4) is 0 Å². The number of carbonyl (C=O) groups excluding carboxylic acids is 1. The summed E-state index contributed by atoms with van der Waals surface area (Å²) in [6.45, 7) is 11.8. The molecule has 0 radical (unpaired) electrons. The van der Waals surface area contributed by atoms with E-state index in [1.807, 2.05) is 77.9 Å². The molecule has 1 aromatic heterocycles. The summed E-state index contributed by atoms with van der Waals surface area (Å²) in [5, 5.41) is 0. The van der Waals surface area contributed by atoms with Crippen LogP contribution in [0.25, 0.3) is 11.1 Å². The van der Waals surface area contributed by atoms with Crippen LogP contribution in [0.1, 0.15) is 43.2 Å². The monoisotopic (exact) mass is 462 g/mol. The molecule has 0 aliphatic rings. The molecule has 0 unspecified atom stereocenters. The van der Waals surface area contributed by atoms with Crippen molar-refractivity contribution in [3.63, 3.8) is 0 Å². The van der Waals surface area contributed by atoms with Gasteiger partial charge in [0.1, 0.15) is 17.1 Å². The van der Waals surface area contributed by atoms with Crippen molar-refractivity contribution in [1.29, 1.82) is 0 Å². The van der Waals surface area contributed by atoms with Crippen LogP contribution in [0.5, 0.6) is 11.5 Å². The number of pyridine rings is 1. The minimum absolute atomic E-state index is 0.248. The highest BCUT2D eigenvalue weighted by Crippen LogP contribution is 2.32. The van der Waals surface area contributed by atoms with Gasteiger partial charge in [-0.25, -0.2) is 4.79 Å². The Hall–Kier alpha value is -3.54. The molecule has 3 aromatic rings. The van der Waals surface area contributed by atoms with Gasteiger partial charge in [-0.2, -0.15) is 0 Å². The van der Waals surface area contributed by atoms with Gasteiger partial charge in [0.2, 0.25) is 0 Å². The van der Waals surface area contributed by atoms with Gasteiger partial charge in [0.15, 0.2) is 0 Å². The lowest BCUT2D eigenvalue weighted by Gasteiger charge is -2.28. The van der Waals surface area contributed by atoms with Crippen LogP contribution >= 0.6 is 0 Å². The summed E-state index contributed by atoms with van der Waals surface area (Å²) < 4.78 is 16.7. The fourth-order valence-electron chi connectivity index (χ4n) is 3.85. The van der Waals surface area contributed by atoms with Crippen LogP contribution in [0.15, 0.2) is 48.7 Å². The molecule has 6 nitrogen and oxygen atoms in total. The lowest BCUT2D eigenvalue weighted by molar-refractivity contribution is 0.0577. The Morgan fingerprint density at radius 2 is 1.71 bits per heavy atom. The average Bonchev–Trinajstić information content (AvgIpc) is 2.77. The Morgan fingerprint density at radius 1 is 0.971 bits per heavy atom. The Kier molecular flexibility index (Phi) is 7.50. The van der Waals surface area contributed by atoms with Crippen LogP contribution in [0.4, 0.5) is 10.5 Å². The molecule has 34 heavy (non-hydrogen) atoms. The number of carbonyl (C=O) groups is 1. The molecule has 0 saturated carbocycles. The van der Waals surface area contributed by atoms with Crippen molar-refractivity contribution in [1.82, 2.24) is 4.98 Å². The van der Waals surface area contributed by atoms with Gasteiger partial charge in [-0.1, -0.05) is 18.2 Å². The van der Waals surface area contributed by atoms with Gasteiger partial charge in [0, 0.05) is 23.0 Å². The van der Waals surface area contributed by atoms with Crippen molar-refractivity contribution < 1.29 is 19.0 Å². The number of nitrogens with zero attached hydrogens (tertiary/aromatic N) is 2. The molecule has 0 fully saturated rings. The molecule has 0 spiro atoms. The molecule has 0 aliphatic carbocycles. The number of methoxy groups -OCH3 is 2. The third-order valence-corrected chi connectivity index (χ3v) is 5.45. The molecule has 0 aliphatic heterocycles. The van der Waals surface area contributed by atoms with Gasteiger partial charge in [-0.15, -0.1) is 0 Å². The highest BCUT2D eigenvalue weighted by atomic mass is 16.6. The summed E-state index contributed by atoms with van der Waals surface area (Å²) in [6.07, 6.45) is 1.34. The number of anilines is 1. The highest BCUT2D eigenvalue weighted by Gasteiger charge is 2.26. The van der Waals surface area contributed by atoms with Gasteiger partial charge < -0.3 is 14.2 Å². The maximum absolute atomic E-state index is 13.4. The SMILES string of the molecule is COc1cccc(-c2cc(C)cc(N(Cc3ncc(C)c(OC)c3C)C(=O)OC(C)(C)C)c2)c1.